The molecule has 1 aromatic carbocycles. The molecule has 0 radical (unpaired) electrons. The first-order chi connectivity index (χ1) is 11.4. The number of rotatable bonds is 2. The molecule has 0 N–H and O–H groups in total. The van der Waals surface area contributed by atoms with Crippen LogP contribution in [-0.2, 0) is 11.3 Å². The molecular weight excluding hydrogens is 319 g/mol. The summed E-state index contributed by atoms with van der Waals surface area (Å²) in [5.74, 6) is -1.74. The summed E-state index contributed by atoms with van der Waals surface area (Å²) >= 11 is 0. The van der Waals surface area contributed by atoms with E-state index in [-0.39, 0.29) is 13.1 Å². The number of carbonyl (C=O) groups is 1. The number of nitrogens with zero attached hydrogens (tertiary/aromatic N) is 3. The molecule has 1 saturated heterocycles. The fourth-order valence-electron chi connectivity index (χ4n) is 3.06. The monoisotopic (exact) mass is 337 g/mol. The van der Waals surface area contributed by atoms with Crippen molar-refractivity contribution >= 4 is 16.8 Å². The lowest BCUT2D eigenvalue weighted by atomic mass is 10.1. The van der Waals surface area contributed by atoms with Crippen LogP contribution in [0.4, 0.5) is 13.2 Å². The van der Waals surface area contributed by atoms with Gasteiger partial charge in [0.1, 0.15) is 0 Å². The Labute approximate surface area is 137 Å². The van der Waals surface area contributed by atoms with E-state index >= 15 is 0 Å². The van der Waals surface area contributed by atoms with Crippen LogP contribution in [0.3, 0.4) is 0 Å². The normalized spacial score (nSPS) is 17.0. The molecule has 0 aliphatic carbocycles. The van der Waals surface area contributed by atoms with Gasteiger partial charge in [-0.3, -0.25) is 14.7 Å². The molecule has 0 spiro atoms. The lowest BCUT2D eigenvalue weighted by Crippen LogP contribution is -2.43. The molecule has 4 nitrogen and oxygen atoms in total. The maximum Gasteiger partial charge on any atom is 0.471 e. The molecule has 1 aliphatic heterocycles. The molecule has 0 atom stereocenters. The topological polar surface area (TPSA) is 36.4 Å². The Morgan fingerprint density at radius 2 is 1.92 bits per heavy atom. The van der Waals surface area contributed by atoms with Crippen molar-refractivity contribution in [3.05, 3.63) is 42.1 Å². The van der Waals surface area contributed by atoms with E-state index in [1.54, 1.807) is 6.20 Å². The van der Waals surface area contributed by atoms with Crippen molar-refractivity contribution < 1.29 is 18.0 Å². The third-order valence-electron chi connectivity index (χ3n) is 4.25. The van der Waals surface area contributed by atoms with Gasteiger partial charge in [0.05, 0.1) is 5.52 Å². The first-order valence-electron chi connectivity index (χ1n) is 7.86. The van der Waals surface area contributed by atoms with Gasteiger partial charge in [-0.05, 0) is 24.1 Å². The van der Waals surface area contributed by atoms with E-state index in [0.29, 0.717) is 26.1 Å². The molecule has 1 amide bonds. The summed E-state index contributed by atoms with van der Waals surface area (Å²) in [4.78, 5) is 18.7. The van der Waals surface area contributed by atoms with E-state index in [1.807, 2.05) is 30.3 Å². The molecule has 0 saturated carbocycles. The largest absolute Gasteiger partial charge is 0.471 e. The SMILES string of the molecule is O=C(N1CCCN(Cc2cccc3ncccc23)CC1)C(F)(F)F. The summed E-state index contributed by atoms with van der Waals surface area (Å²) in [7, 11) is 0. The summed E-state index contributed by atoms with van der Waals surface area (Å²) in [5.41, 5.74) is 2.00. The number of benzene rings is 1. The van der Waals surface area contributed by atoms with Crippen molar-refractivity contribution in [2.24, 2.45) is 0 Å². The summed E-state index contributed by atoms with van der Waals surface area (Å²) in [6, 6.07) is 9.74. The van der Waals surface area contributed by atoms with Crippen LogP contribution >= 0.6 is 0 Å². The Hall–Kier alpha value is -2.15. The Morgan fingerprint density at radius 3 is 2.71 bits per heavy atom. The van der Waals surface area contributed by atoms with Crippen LogP contribution in [0, 0.1) is 0 Å². The number of aromatic nitrogens is 1. The van der Waals surface area contributed by atoms with Gasteiger partial charge in [0.25, 0.3) is 0 Å². The van der Waals surface area contributed by atoms with E-state index in [1.165, 1.54) is 0 Å². The van der Waals surface area contributed by atoms with Crippen molar-refractivity contribution in [1.82, 2.24) is 14.8 Å². The zero-order valence-electron chi connectivity index (χ0n) is 13.1. The molecule has 1 aliphatic rings. The Balaban J connectivity index is 1.70. The zero-order valence-corrected chi connectivity index (χ0v) is 13.1. The average molecular weight is 337 g/mol. The first-order valence-corrected chi connectivity index (χ1v) is 7.86. The fraction of sp³-hybridized carbons (Fsp3) is 0.412. The minimum Gasteiger partial charge on any atom is -0.334 e. The third kappa shape index (κ3) is 3.67. The average Bonchev–Trinajstić information content (AvgIpc) is 2.79. The van der Waals surface area contributed by atoms with Crippen molar-refractivity contribution in [2.45, 2.75) is 19.1 Å². The molecule has 3 rings (SSSR count). The summed E-state index contributed by atoms with van der Waals surface area (Å²) < 4.78 is 37.7. The molecule has 2 aromatic rings. The van der Waals surface area contributed by atoms with Crippen LogP contribution in [0.15, 0.2) is 36.5 Å². The molecule has 1 fully saturated rings. The van der Waals surface area contributed by atoms with Gasteiger partial charge < -0.3 is 4.90 Å². The van der Waals surface area contributed by atoms with Gasteiger partial charge in [0.2, 0.25) is 0 Å². The molecule has 2 heterocycles. The number of amides is 1. The molecule has 7 heteroatoms. The van der Waals surface area contributed by atoms with Crippen molar-refractivity contribution in [2.75, 3.05) is 26.2 Å². The van der Waals surface area contributed by atoms with Crippen LogP contribution in [0.1, 0.15) is 12.0 Å². The highest BCUT2D eigenvalue weighted by atomic mass is 19.4. The first kappa shape index (κ1) is 16.7. The van der Waals surface area contributed by atoms with Gasteiger partial charge in [-0.25, -0.2) is 0 Å². The van der Waals surface area contributed by atoms with E-state index in [0.717, 1.165) is 21.4 Å². The number of alkyl halides is 3. The second-order valence-electron chi connectivity index (χ2n) is 5.91. The van der Waals surface area contributed by atoms with Crippen molar-refractivity contribution in [1.29, 1.82) is 0 Å². The predicted molar refractivity (Wildman–Crippen MR) is 84.3 cm³/mol. The standard InChI is InChI=1S/C17H18F3N3O/c18-17(19,20)16(24)23-9-3-8-22(10-11-23)12-13-4-1-6-15-14(13)5-2-7-21-15/h1-2,4-7H,3,8-12H2. The number of hydrogen-bond acceptors (Lipinski definition) is 3. The maximum absolute atomic E-state index is 12.6. The molecule has 0 unspecified atom stereocenters. The summed E-state index contributed by atoms with van der Waals surface area (Å²) in [5, 5.41) is 1.05. The number of carbonyl (C=O) groups excluding carboxylic acids is 1. The third-order valence-corrected chi connectivity index (χ3v) is 4.25. The van der Waals surface area contributed by atoms with Gasteiger partial charge in [-0.15, -0.1) is 0 Å². The molecule has 128 valence electrons. The Morgan fingerprint density at radius 1 is 1.08 bits per heavy atom. The van der Waals surface area contributed by atoms with Crippen LogP contribution in [0.5, 0.6) is 0 Å². The van der Waals surface area contributed by atoms with Crippen LogP contribution in [0.2, 0.25) is 0 Å². The molecule has 0 bridgehead atoms. The minimum absolute atomic E-state index is 0.0986. The van der Waals surface area contributed by atoms with E-state index < -0.39 is 12.1 Å². The van der Waals surface area contributed by atoms with Crippen molar-refractivity contribution in [3.63, 3.8) is 0 Å². The minimum atomic E-state index is -4.80. The van der Waals surface area contributed by atoms with Gasteiger partial charge in [-0.2, -0.15) is 13.2 Å². The maximum atomic E-state index is 12.6. The van der Waals surface area contributed by atoms with E-state index in [2.05, 4.69) is 9.88 Å². The molecule has 1 aromatic heterocycles. The quantitative estimate of drug-likeness (QED) is 0.845. The number of pyridine rings is 1. The second kappa shape index (κ2) is 6.76. The lowest BCUT2D eigenvalue weighted by Gasteiger charge is -2.23. The van der Waals surface area contributed by atoms with Crippen molar-refractivity contribution in [3.8, 4) is 0 Å². The lowest BCUT2D eigenvalue weighted by molar-refractivity contribution is -0.185. The van der Waals surface area contributed by atoms with E-state index in [4.69, 9.17) is 0 Å². The highest BCUT2D eigenvalue weighted by Gasteiger charge is 2.42. The smallest absolute Gasteiger partial charge is 0.334 e. The number of halogens is 3. The summed E-state index contributed by atoms with van der Waals surface area (Å²) in [6.07, 6.45) is -2.53. The van der Waals surface area contributed by atoms with Crippen LogP contribution in [-0.4, -0.2) is 53.0 Å². The van der Waals surface area contributed by atoms with Gasteiger partial charge >= 0.3 is 12.1 Å². The zero-order chi connectivity index (χ0) is 17.2. The molecular formula is C17H18F3N3O. The van der Waals surface area contributed by atoms with Gasteiger partial charge in [0.15, 0.2) is 0 Å². The Bertz CT molecular complexity index is 727. The second-order valence-corrected chi connectivity index (χ2v) is 5.91. The Kier molecular flexibility index (Phi) is 4.71. The van der Waals surface area contributed by atoms with Crippen LogP contribution < -0.4 is 0 Å². The van der Waals surface area contributed by atoms with Gasteiger partial charge in [0, 0.05) is 44.3 Å². The number of hydrogen-bond donors (Lipinski definition) is 0. The highest BCUT2D eigenvalue weighted by molar-refractivity contribution is 5.82. The fourth-order valence-corrected chi connectivity index (χ4v) is 3.06. The highest BCUT2D eigenvalue weighted by Crippen LogP contribution is 2.21. The summed E-state index contributed by atoms with van der Waals surface area (Å²) in [6.45, 7) is 1.97. The van der Waals surface area contributed by atoms with Gasteiger partial charge in [-0.1, -0.05) is 18.2 Å². The van der Waals surface area contributed by atoms with Crippen LogP contribution in [0.25, 0.3) is 10.9 Å². The molecule has 24 heavy (non-hydrogen) atoms. The number of fused-ring (bicyclic) bond motifs is 1. The predicted octanol–water partition coefficient (Wildman–Crippen LogP) is 2.83. The van der Waals surface area contributed by atoms with E-state index in [9.17, 15) is 18.0 Å².